The number of unbranched alkanes of at least 4 members (excludes halogenated alkanes) is 12. The van der Waals surface area contributed by atoms with Gasteiger partial charge in [-0.2, -0.15) is 0 Å². The summed E-state index contributed by atoms with van der Waals surface area (Å²) in [5.41, 5.74) is 0. The molecule has 0 aliphatic heterocycles. The first-order chi connectivity index (χ1) is 12.8. The quantitative estimate of drug-likeness (QED) is 0.156. The predicted octanol–water partition coefficient (Wildman–Crippen LogP) is 7.03. The van der Waals surface area contributed by atoms with Crippen LogP contribution in [0.2, 0.25) is 0 Å². The molecule has 0 aliphatic rings. The van der Waals surface area contributed by atoms with E-state index in [0.29, 0.717) is 0 Å². The van der Waals surface area contributed by atoms with Crippen molar-refractivity contribution in [3.8, 4) is 0 Å². The third-order valence-corrected chi connectivity index (χ3v) is 6.26. The van der Waals surface area contributed by atoms with E-state index in [2.05, 4.69) is 42.0 Å². The molecule has 27 heavy (non-hydrogen) atoms. The molecule has 0 saturated heterocycles. The van der Waals surface area contributed by atoms with Gasteiger partial charge in [-0.3, -0.25) is 0 Å². The van der Waals surface area contributed by atoms with Crippen molar-refractivity contribution in [1.82, 2.24) is 0 Å². The van der Waals surface area contributed by atoms with Gasteiger partial charge in [-0.05, 0) is 44.9 Å². The second-order valence-electron chi connectivity index (χ2n) is 10.4. The van der Waals surface area contributed by atoms with Gasteiger partial charge in [-0.1, -0.05) is 65.2 Å². The Hall–Kier alpha value is -0.0800. The third-order valence-electron chi connectivity index (χ3n) is 6.26. The molecule has 2 heteroatoms. The Balaban J connectivity index is 3.62. The van der Waals surface area contributed by atoms with Gasteiger partial charge in [-0.15, -0.1) is 0 Å². The van der Waals surface area contributed by atoms with Crippen molar-refractivity contribution in [3.63, 3.8) is 0 Å². The second kappa shape index (κ2) is 16.8. The molecule has 0 N–H and O–H groups in total. The van der Waals surface area contributed by atoms with Crippen molar-refractivity contribution in [1.29, 1.82) is 0 Å². The van der Waals surface area contributed by atoms with Gasteiger partial charge in [0.1, 0.15) is 0 Å². The van der Waals surface area contributed by atoms with Crippen LogP contribution < -0.4 is 0 Å². The number of hydrogen-bond donors (Lipinski definition) is 0. The van der Waals surface area contributed by atoms with Crippen LogP contribution in [0.25, 0.3) is 0 Å². The Labute approximate surface area is 173 Å². The Bertz CT molecular complexity index is 279. The number of hydrogen-bond acceptors (Lipinski definition) is 0. The van der Waals surface area contributed by atoms with E-state index < -0.39 is 0 Å². The molecule has 0 aromatic rings. The molecule has 0 aliphatic carbocycles. The lowest BCUT2D eigenvalue weighted by atomic mass is 10.1. The van der Waals surface area contributed by atoms with Gasteiger partial charge in [-0.25, -0.2) is 0 Å². The molecule has 0 radical (unpaired) electrons. The largest absolute Gasteiger partial charge is 0.328 e. The number of nitrogens with zero attached hydrogens (tertiary/aromatic N) is 2. The van der Waals surface area contributed by atoms with Crippen molar-refractivity contribution in [2.75, 3.05) is 54.4 Å². The first-order valence-electron chi connectivity index (χ1n) is 12.5. The normalized spacial score (nSPS) is 12.7. The summed E-state index contributed by atoms with van der Waals surface area (Å²) in [5, 5.41) is 0. The van der Waals surface area contributed by atoms with Crippen LogP contribution in [0.1, 0.15) is 110 Å². The van der Waals surface area contributed by atoms with E-state index in [0.717, 1.165) is 0 Å². The summed E-state index contributed by atoms with van der Waals surface area (Å²) in [6, 6.07) is 0. The van der Waals surface area contributed by atoms with Gasteiger partial charge in [0.05, 0.1) is 54.4 Å². The standard InChI is InChI=1S/C25H56N2/c1-7-9-11-13-15-18-22-26(3,4)24-20-17-21-25-27(5,6)23-19-16-14-12-10-8-2/h7-25H2,1-6H3/q+2. The monoisotopic (exact) mass is 384 g/mol. The lowest BCUT2D eigenvalue weighted by molar-refractivity contribution is -0.892. The van der Waals surface area contributed by atoms with Crippen LogP contribution in [0.5, 0.6) is 0 Å². The maximum atomic E-state index is 2.44. The van der Waals surface area contributed by atoms with E-state index >= 15 is 0 Å². The lowest BCUT2D eigenvalue weighted by Crippen LogP contribution is -2.42. The molecule has 0 atom stereocenters. The van der Waals surface area contributed by atoms with Crippen molar-refractivity contribution in [2.45, 2.75) is 110 Å². The Morgan fingerprint density at radius 3 is 0.852 bits per heavy atom. The highest BCUT2D eigenvalue weighted by atomic mass is 15.3. The molecular formula is C25H56N2+2. The second-order valence-corrected chi connectivity index (χ2v) is 10.4. The number of quaternary nitrogens is 2. The van der Waals surface area contributed by atoms with E-state index in [1.54, 1.807) is 0 Å². The summed E-state index contributed by atoms with van der Waals surface area (Å²) in [4.78, 5) is 0. The van der Waals surface area contributed by atoms with Gasteiger partial charge in [0, 0.05) is 0 Å². The lowest BCUT2D eigenvalue weighted by Gasteiger charge is -2.31. The molecule has 2 nitrogen and oxygen atoms in total. The molecule has 0 fully saturated rings. The molecule has 0 rings (SSSR count). The molecule has 0 aromatic heterocycles. The minimum absolute atomic E-state index is 1.23. The SMILES string of the molecule is CCCCCCCC[N+](C)(C)CCCCC[N+](C)(C)CCCCCCCC. The average molecular weight is 385 g/mol. The zero-order valence-electron chi connectivity index (χ0n) is 20.3. The van der Waals surface area contributed by atoms with E-state index in [1.165, 1.54) is 131 Å². The molecule has 0 amide bonds. The Kier molecular flexibility index (Phi) is 16.8. The maximum Gasteiger partial charge on any atom is 0.0782 e. The fraction of sp³-hybridized carbons (Fsp3) is 1.00. The van der Waals surface area contributed by atoms with Gasteiger partial charge >= 0.3 is 0 Å². The highest BCUT2D eigenvalue weighted by Gasteiger charge is 2.16. The van der Waals surface area contributed by atoms with Crippen LogP contribution in [0, 0.1) is 0 Å². The Morgan fingerprint density at radius 1 is 0.333 bits per heavy atom. The molecular weight excluding hydrogens is 328 g/mol. The van der Waals surface area contributed by atoms with E-state index in [4.69, 9.17) is 0 Å². The van der Waals surface area contributed by atoms with Crippen LogP contribution >= 0.6 is 0 Å². The fourth-order valence-corrected chi connectivity index (χ4v) is 4.12. The van der Waals surface area contributed by atoms with E-state index in [9.17, 15) is 0 Å². The fourth-order valence-electron chi connectivity index (χ4n) is 4.12. The summed E-state index contributed by atoms with van der Waals surface area (Å²) in [6.07, 6.45) is 21.3. The highest BCUT2D eigenvalue weighted by Crippen LogP contribution is 2.12. The molecule has 0 heterocycles. The van der Waals surface area contributed by atoms with Gasteiger partial charge in [0.25, 0.3) is 0 Å². The van der Waals surface area contributed by atoms with Gasteiger partial charge in [0.2, 0.25) is 0 Å². The van der Waals surface area contributed by atoms with Crippen LogP contribution in [0.15, 0.2) is 0 Å². The molecule has 0 aromatic carbocycles. The van der Waals surface area contributed by atoms with E-state index in [1.807, 2.05) is 0 Å². The summed E-state index contributed by atoms with van der Waals surface area (Å²) >= 11 is 0. The summed E-state index contributed by atoms with van der Waals surface area (Å²) in [5.74, 6) is 0. The van der Waals surface area contributed by atoms with Crippen molar-refractivity contribution in [3.05, 3.63) is 0 Å². The van der Waals surface area contributed by atoms with E-state index in [-0.39, 0.29) is 0 Å². The van der Waals surface area contributed by atoms with Crippen molar-refractivity contribution in [2.24, 2.45) is 0 Å². The minimum atomic E-state index is 1.23. The first kappa shape index (κ1) is 26.9. The third kappa shape index (κ3) is 19.0. The number of rotatable bonds is 20. The molecule has 0 saturated carbocycles. The van der Waals surface area contributed by atoms with Gasteiger partial charge in [0.15, 0.2) is 0 Å². The predicted molar refractivity (Wildman–Crippen MR) is 124 cm³/mol. The van der Waals surface area contributed by atoms with Crippen LogP contribution in [0.3, 0.4) is 0 Å². The zero-order chi connectivity index (χ0) is 20.4. The smallest absolute Gasteiger partial charge is 0.0782 e. The Morgan fingerprint density at radius 2 is 0.556 bits per heavy atom. The first-order valence-corrected chi connectivity index (χ1v) is 12.5. The van der Waals surface area contributed by atoms with Gasteiger partial charge < -0.3 is 8.97 Å². The maximum absolute atomic E-state index is 2.44. The van der Waals surface area contributed by atoms with Crippen LogP contribution in [-0.2, 0) is 0 Å². The summed E-state index contributed by atoms with van der Waals surface area (Å²) in [7, 11) is 9.74. The van der Waals surface area contributed by atoms with Crippen LogP contribution in [0.4, 0.5) is 0 Å². The van der Waals surface area contributed by atoms with Crippen LogP contribution in [-0.4, -0.2) is 63.3 Å². The molecule has 0 bridgehead atoms. The molecule has 0 unspecified atom stereocenters. The topological polar surface area (TPSA) is 0 Å². The summed E-state index contributed by atoms with van der Waals surface area (Å²) < 4.78 is 2.45. The highest BCUT2D eigenvalue weighted by molar-refractivity contribution is 4.48. The van der Waals surface area contributed by atoms with Crippen molar-refractivity contribution >= 4 is 0 Å². The minimum Gasteiger partial charge on any atom is -0.328 e. The molecule has 164 valence electrons. The molecule has 0 spiro atoms. The van der Waals surface area contributed by atoms with Crippen molar-refractivity contribution < 1.29 is 8.97 Å². The summed E-state index contributed by atoms with van der Waals surface area (Å²) in [6.45, 7) is 10.1. The average Bonchev–Trinajstić information content (AvgIpc) is 2.60. The zero-order valence-corrected chi connectivity index (χ0v) is 20.3.